The predicted octanol–water partition coefficient (Wildman–Crippen LogP) is 2.66. The van der Waals surface area contributed by atoms with Crippen LogP contribution in [0, 0.1) is 0 Å². The second-order valence-corrected chi connectivity index (χ2v) is 5.67. The maximum atomic E-state index is 10.7. The van der Waals surface area contributed by atoms with Crippen molar-refractivity contribution >= 4 is 44.5 Å². The number of carbonyl (C=O) groups is 1. The molecule has 2 aromatic heterocycles. The fourth-order valence-electron chi connectivity index (χ4n) is 1.10. The van der Waals surface area contributed by atoms with Crippen LogP contribution in [0.1, 0.15) is 5.01 Å². The molecule has 0 aromatic carbocycles. The largest absolute Gasteiger partial charge is 0.369 e. The molecular formula is C9H7BrN2OS2. The van der Waals surface area contributed by atoms with Gasteiger partial charge >= 0.3 is 0 Å². The molecule has 0 aliphatic heterocycles. The number of nitrogens with zero attached hydrogens (tertiary/aromatic N) is 1. The minimum atomic E-state index is -0.344. The van der Waals surface area contributed by atoms with Gasteiger partial charge in [-0.25, -0.2) is 4.98 Å². The fraction of sp³-hybridized carbons (Fsp3) is 0.111. The zero-order chi connectivity index (χ0) is 10.8. The standard InChI is InChI=1S/C9H7BrN2OS2/c10-5-1-7(14-3-5)6-4-15-9(12-6)2-8(11)13/h1,3-4H,2H2,(H2,11,13). The summed E-state index contributed by atoms with van der Waals surface area (Å²) in [7, 11) is 0. The Hall–Kier alpha value is -0.720. The predicted molar refractivity (Wildman–Crippen MR) is 66.0 cm³/mol. The molecule has 0 fully saturated rings. The lowest BCUT2D eigenvalue weighted by Gasteiger charge is -1.89. The van der Waals surface area contributed by atoms with Crippen molar-refractivity contribution in [3.63, 3.8) is 0 Å². The molecule has 2 aromatic rings. The van der Waals surface area contributed by atoms with Crippen LogP contribution in [0.4, 0.5) is 0 Å². The van der Waals surface area contributed by atoms with E-state index in [2.05, 4.69) is 20.9 Å². The van der Waals surface area contributed by atoms with Gasteiger partial charge in [0.05, 0.1) is 17.0 Å². The lowest BCUT2D eigenvalue weighted by atomic mass is 10.4. The van der Waals surface area contributed by atoms with E-state index in [9.17, 15) is 4.79 Å². The van der Waals surface area contributed by atoms with Crippen LogP contribution in [0.3, 0.4) is 0 Å². The number of hydrogen-bond donors (Lipinski definition) is 1. The Bertz CT molecular complexity index is 492. The molecule has 6 heteroatoms. The molecule has 2 rings (SSSR count). The van der Waals surface area contributed by atoms with Crippen molar-refractivity contribution in [2.45, 2.75) is 6.42 Å². The summed E-state index contributed by atoms with van der Waals surface area (Å²) in [6, 6.07) is 2.01. The zero-order valence-corrected chi connectivity index (χ0v) is 10.8. The van der Waals surface area contributed by atoms with Crippen LogP contribution in [-0.2, 0) is 11.2 Å². The van der Waals surface area contributed by atoms with Gasteiger partial charge in [0.1, 0.15) is 5.01 Å². The summed E-state index contributed by atoms with van der Waals surface area (Å²) in [5.41, 5.74) is 6.01. The number of primary amides is 1. The lowest BCUT2D eigenvalue weighted by Crippen LogP contribution is -2.13. The highest BCUT2D eigenvalue weighted by atomic mass is 79.9. The summed E-state index contributed by atoms with van der Waals surface area (Å²) in [5.74, 6) is -0.344. The molecule has 0 aliphatic carbocycles. The van der Waals surface area contributed by atoms with Gasteiger partial charge in [-0.15, -0.1) is 22.7 Å². The van der Waals surface area contributed by atoms with Gasteiger partial charge in [0.15, 0.2) is 0 Å². The Morgan fingerprint density at radius 1 is 1.47 bits per heavy atom. The van der Waals surface area contributed by atoms with E-state index in [1.54, 1.807) is 11.3 Å². The van der Waals surface area contributed by atoms with E-state index in [0.717, 1.165) is 20.1 Å². The van der Waals surface area contributed by atoms with Gasteiger partial charge in [-0.1, -0.05) is 0 Å². The van der Waals surface area contributed by atoms with Crippen molar-refractivity contribution in [3.05, 3.63) is 26.3 Å². The molecule has 0 spiro atoms. The Labute approximate surface area is 103 Å². The number of nitrogens with two attached hydrogens (primary N) is 1. The first-order valence-corrected chi connectivity index (χ1v) is 6.67. The maximum Gasteiger partial charge on any atom is 0.224 e. The Morgan fingerprint density at radius 2 is 2.27 bits per heavy atom. The quantitative estimate of drug-likeness (QED) is 0.947. The molecule has 0 saturated heterocycles. The molecule has 78 valence electrons. The lowest BCUT2D eigenvalue weighted by molar-refractivity contribution is -0.117. The number of hydrogen-bond acceptors (Lipinski definition) is 4. The van der Waals surface area contributed by atoms with Gasteiger partial charge in [-0.05, 0) is 22.0 Å². The number of thiazole rings is 1. The number of carbonyl (C=O) groups excluding carboxylic acids is 1. The van der Waals surface area contributed by atoms with Crippen LogP contribution >= 0.6 is 38.6 Å². The number of amides is 1. The highest BCUT2D eigenvalue weighted by Gasteiger charge is 2.08. The summed E-state index contributed by atoms with van der Waals surface area (Å²) in [6.07, 6.45) is 0.219. The van der Waals surface area contributed by atoms with Crippen molar-refractivity contribution in [1.29, 1.82) is 0 Å². The summed E-state index contributed by atoms with van der Waals surface area (Å²) in [5, 5.41) is 4.71. The van der Waals surface area contributed by atoms with E-state index >= 15 is 0 Å². The SMILES string of the molecule is NC(=O)Cc1nc(-c2cc(Br)cs2)cs1. The van der Waals surface area contributed by atoms with Gasteiger partial charge in [0.25, 0.3) is 0 Å². The van der Waals surface area contributed by atoms with E-state index in [4.69, 9.17) is 5.73 Å². The first kappa shape index (κ1) is 10.8. The highest BCUT2D eigenvalue weighted by Crippen LogP contribution is 2.30. The molecule has 0 aliphatic rings. The first-order valence-electron chi connectivity index (χ1n) is 4.12. The smallest absolute Gasteiger partial charge is 0.224 e. The first-order chi connectivity index (χ1) is 7.15. The molecule has 2 heterocycles. The summed E-state index contributed by atoms with van der Waals surface area (Å²) in [4.78, 5) is 16.1. The average molecular weight is 303 g/mol. The van der Waals surface area contributed by atoms with Crippen molar-refractivity contribution < 1.29 is 4.79 Å². The summed E-state index contributed by atoms with van der Waals surface area (Å²) >= 11 is 6.47. The third kappa shape index (κ3) is 2.64. The Morgan fingerprint density at radius 3 is 2.87 bits per heavy atom. The molecule has 0 unspecified atom stereocenters. The number of rotatable bonds is 3. The van der Waals surface area contributed by atoms with Crippen LogP contribution in [0.5, 0.6) is 0 Å². The third-order valence-electron chi connectivity index (χ3n) is 1.70. The minimum Gasteiger partial charge on any atom is -0.369 e. The minimum absolute atomic E-state index is 0.219. The van der Waals surface area contributed by atoms with Gasteiger partial charge in [-0.3, -0.25) is 4.79 Å². The summed E-state index contributed by atoms with van der Waals surface area (Å²) in [6.45, 7) is 0. The van der Waals surface area contributed by atoms with E-state index in [1.807, 2.05) is 16.8 Å². The maximum absolute atomic E-state index is 10.7. The van der Waals surface area contributed by atoms with Gasteiger partial charge in [0, 0.05) is 15.2 Å². The normalized spacial score (nSPS) is 10.5. The zero-order valence-electron chi connectivity index (χ0n) is 7.57. The molecule has 0 radical (unpaired) electrons. The monoisotopic (exact) mass is 302 g/mol. The molecule has 15 heavy (non-hydrogen) atoms. The Kier molecular flexibility index (Phi) is 3.18. The van der Waals surface area contributed by atoms with Crippen molar-refractivity contribution in [3.8, 4) is 10.6 Å². The molecule has 0 saturated carbocycles. The van der Waals surface area contributed by atoms with Crippen LogP contribution < -0.4 is 5.73 Å². The topological polar surface area (TPSA) is 56.0 Å². The van der Waals surface area contributed by atoms with Crippen LogP contribution in [-0.4, -0.2) is 10.9 Å². The van der Waals surface area contributed by atoms with Crippen molar-refractivity contribution in [1.82, 2.24) is 4.98 Å². The van der Waals surface area contributed by atoms with Gasteiger partial charge in [-0.2, -0.15) is 0 Å². The molecule has 0 bridgehead atoms. The van der Waals surface area contributed by atoms with Gasteiger partial charge < -0.3 is 5.73 Å². The van der Waals surface area contributed by atoms with Crippen LogP contribution in [0.2, 0.25) is 0 Å². The molecule has 0 atom stereocenters. The van der Waals surface area contributed by atoms with E-state index in [0.29, 0.717) is 0 Å². The number of thiophene rings is 1. The Balaban J connectivity index is 2.23. The van der Waals surface area contributed by atoms with Crippen LogP contribution in [0.25, 0.3) is 10.6 Å². The number of aromatic nitrogens is 1. The van der Waals surface area contributed by atoms with Crippen molar-refractivity contribution in [2.24, 2.45) is 5.73 Å². The van der Waals surface area contributed by atoms with Gasteiger partial charge in [0.2, 0.25) is 5.91 Å². The number of halogens is 1. The third-order valence-corrected chi connectivity index (χ3v) is 4.26. The van der Waals surface area contributed by atoms with E-state index < -0.39 is 0 Å². The molecule has 1 amide bonds. The van der Waals surface area contributed by atoms with Crippen LogP contribution in [0.15, 0.2) is 21.3 Å². The average Bonchev–Trinajstić information content (AvgIpc) is 2.72. The van der Waals surface area contributed by atoms with Crippen molar-refractivity contribution in [2.75, 3.05) is 0 Å². The van der Waals surface area contributed by atoms with E-state index in [1.165, 1.54) is 11.3 Å². The summed E-state index contributed by atoms with van der Waals surface area (Å²) < 4.78 is 1.05. The second kappa shape index (κ2) is 4.42. The highest BCUT2D eigenvalue weighted by molar-refractivity contribution is 9.10. The van der Waals surface area contributed by atoms with E-state index in [-0.39, 0.29) is 12.3 Å². The molecule has 2 N–H and O–H groups in total. The second-order valence-electron chi connectivity index (χ2n) is 2.90. The fourth-order valence-corrected chi connectivity index (χ4v) is 3.37. The molecular weight excluding hydrogens is 296 g/mol. The molecule has 3 nitrogen and oxygen atoms in total.